The lowest BCUT2D eigenvalue weighted by molar-refractivity contribution is -0.116. The standard InChI is InChI=1S/C14H27NO2/c1-5-17-13-9-12(14(13,2)3)15-10-6-7-11(8-10)16-4/h10-13,15H,5-9H2,1-4H3. The third kappa shape index (κ3) is 2.67. The Balaban J connectivity index is 1.78. The van der Waals surface area contributed by atoms with Gasteiger partial charge in [-0.15, -0.1) is 0 Å². The van der Waals surface area contributed by atoms with Gasteiger partial charge in [-0.3, -0.25) is 0 Å². The summed E-state index contributed by atoms with van der Waals surface area (Å²) in [7, 11) is 1.82. The fourth-order valence-corrected chi connectivity index (χ4v) is 3.24. The molecule has 4 unspecified atom stereocenters. The van der Waals surface area contributed by atoms with Crippen molar-refractivity contribution in [3.8, 4) is 0 Å². The highest BCUT2D eigenvalue weighted by atomic mass is 16.5. The van der Waals surface area contributed by atoms with Gasteiger partial charge in [0.2, 0.25) is 0 Å². The lowest BCUT2D eigenvalue weighted by atomic mass is 9.64. The van der Waals surface area contributed by atoms with E-state index in [0.717, 1.165) is 13.0 Å². The first-order valence-electron chi connectivity index (χ1n) is 6.98. The molecule has 0 aliphatic heterocycles. The maximum absolute atomic E-state index is 5.77. The van der Waals surface area contributed by atoms with Gasteiger partial charge in [-0.25, -0.2) is 0 Å². The molecule has 3 heteroatoms. The number of rotatable bonds is 5. The molecule has 0 bridgehead atoms. The zero-order valence-electron chi connectivity index (χ0n) is 11.7. The lowest BCUT2D eigenvalue weighted by Crippen LogP contribution is -2.62. The molecular weight excluding hydrogens is 214 g/mol. The summed E-state index contributed by atoms with van der Waals surface area (Å²) in [4.78, 5) is 0. The van der Waals surface area contributed by atoms with Crippen LogP contribution in [0.2, 0.25) is 0 Å². The SMILES string of the molecule is CCOC1CC(NC2CCC(OC)C2)C1(C)C. The summed E-state index contributed by atoms with van der Waals surface area (Å²) in [5.41, 5.74) is 0.279. The molecule has 2 aliphatic carbocycles. The van der Waals surface area contributed by atoms with Gasteiger partial charge in [0.25, 0.3) is 0 Å². The molecule has 0 saturated heterocycles. The van der Waals surface area contributed by atoms with Crippen molar-refractivity contribution in [2.24, 2.45) is 5.41 Å². The van der Waals surface area contributed by atoms with Gasteiger partial charge in [0.05, 0.1) is 12.2 Å². The van der Waals surface area contributed by atoms with Gasteiger partial charge in [0.1, 0.15) is 0 Å². The van der Waals surface area contributed by atoms with Crippen molar-refractivity contribution in [1.82, 2.24) is 5.32 Å². The predicted octanol–water partition coefficient (Wildman–Crippen LogP) is 2.35. The van der Waals surface area contributed by atoms with E-state index in [9.17, 15) is 0 Å². The van der Waals surface area contributed by atoms with Crippen LogP contribution >= 0.6 is 0 Å². The first kappa shape index (κ1) is 13.3. The Morgan fingerprint density at radius 3 is 2.53 bits per heavy atom. The monoisotopic (exact) mass is 241 g/mol. The number of ether oxygens (including phenoxy) is 2. The highest BCUT2D eigenvalue weighted by molar-refractivity contribution is 5.04. The fourth-order valence-electron chi connectivity index (χ4n) is 3.24. The van der Waals surface area contributed by atoms with Gasteiger partial charge in [-0.05, 0) is 32.6 Å². The fraction of sp³-hybridized carbons (Fsp3) is 1.00. The maximum Gasteiger partial charge on any atom is 0.0655 e. The highest BCUT2D eigenvalue weighted by Crippen LogP contribution is 2.43. The summed E-state index contributed by atoms with van der Waals surface area (Å²) < 4.78 is 11.2. The minimum Gasteiger partial charge on any atom is -0.381 e. The minimum absolute atomic E-state index is 0.279. The van der Waals surface area contributed by atoms with Crippen LogP contribution in [0.15, 0.2) is 0 Å². The van der Waals surface area contributed by atoms with Crippen molar-refractivity contribution < 1.29 is 9.47 Å². The van der Waals surface area contributed by atoms with Crippen molar-refractivity contribution in [3.63, 3.8) is 0 Å². The molecule has 17 heavy (non-hydrogen) atoms. The van der Waals surface area contributed by atoms with E-state index in [1.165, 1.54) is 19.3 Å². The largest absolute Gasteiger partial charge is 0.381 e. The lowest BCUT2D eigenvalue weighted by Gasteiger charge is -2.52. The Kier molecular flexibility index (Phi) is 4.11. The first-order chi connectivity index (χ1) is 8.07. The Morgan fingerprint density at radius 2 is 2.00 bits per heavy atom. The van der Waals surface area contributed by atoms with Gasteiger partial charge in [0.15, 0.2) is 0 Å². The second-order valence-electron chi connectivity index (χ2n) is 6.09. The molecule has 1 N–H and O–H groups in total. The smallest absolute Gasteiger partial charge is 0.0655 e. The molecule has 2 rings (SSSR count). The van der Waals surface area contributed by atoms with E-state index in [1.54, 1.807) is 0 Å². The second kappa shape index (κ2) is 5.25. The summed E-state index contributed by atoms with van der Waals surface area (Å²) in [6, 6.07) is 1.26. The van der Waals surface area contributed by atoms with E-state index in [-0.39, 0.29) is 5.41 Å². The van der Waals surface area contributed by atoms with Crippen molar-refractivity contribution in [3.05, 3.63) is 0 Å². The van der Waals surface area contributed by atoms with E-state index in [1.807, 2.05) is 7.11 Å². The molecule has 100 valence electrons. The summed E-state index contributed by atoms with van der Waals surface area (Å²) >= 11 is 0. The van der Waals surface area contributed by atoms with E-state index >= 15 is 0 Å². The third-order valence-electron chi connectivity index (χ3n) is 4.70. The molecule has 0 aromatic carbocycles. The molecule has 0 aromatic rings. The molecule has 2 saturated carbocycles. The minimum atomic E-state index is 0.279. The van der Waals surface area contributed by atoms with Crippen molar-refractivity contribution in [2.45, 2.75) is 70.7 Å². The molecule has 3 nitrogen and oxygen atoms in total. The van der Waals surface area contributed by atoms with Gasteiger partial charge < -0.3 is 14.8 Å². The molecule has 4 atom stereocenters. The summed E-state index contributed by atoms with van der Waals surface area (Å²) in [6.07, 6.45) is 5.70. The second-order valence-corrected chi connectivity index (χ2v) is 6.09. The van der Waals surface area contributed by atoms with Gasteiger partial charge >= 0.3 is 0 Å². The van der Waals surface area contributed by atoms with Crippen LogP contribution in [-0.4, -0.2) is 38.0 Å². The predicted molar refractivity (Wildman–Crippen MR) is 69.2 cm³/mol. The van der Waals surface area contributed by atoms with Crippen LogP contribution < -0.4 is 5.32 Å². The van der Waals surface area contributed by atoms with Crippen LogP contribution in [0.25, 0.3) is 0 Å². The van der Waals surface area contributed by atoms with E-state index in [0.29, 0.717) is 24.3 Å². The Labute approximate surface area is 105 Å². The normalized spacial score (nSPS) is 40.2. The van der Waals surface area contributed by atoms with Crippen LogP contribution in [0.4, 0.5) is 0 Å². The van der Waals surface area contributed by atoms with Crippen LogP contribution in [0.3, 0.4) is 0 Å². The average molecular weight is 241 g/mol. The molecule has 2 aliphatic rings. The van der Waals surface area contributed by atoms with Crippen LogP contribution in [-0.2, 0) is 9.47 Å². The van der Waals surface area contributed by atoms with Gasteiger partial charge in [-0.2, -0.15) is 0 Å². The van der Waals surface area contributed by atoms with Crippen molar-refractivity contribution in [1.29, 1.82) is 0 Å². The van der Waals surface area contributed by atoms with E-state index < -0.39 is 0 Å². The van der Waals surface area contributed by atoms with Crippen LogP contribution in [0.1, 0.15) is 46.5 Å². The number of nitrogens with one attached hydrogen (secondary N) is 1. The van der Waals surface area contributed by atoms with Crippen molar-refractivity contribution >= 4 is 0 Å². The Morgan fingerprint density at radius 1 is 1.24 bits per heavy atom. The summed E-state index contributed by atoms with van der Waals surface area (Å²) in [6.45, 7) is 7.54. The van der Waals surface area contributed by atoms with Crippen molar-refractivity contribution in [2.75, 3.05) is 13.7 Å². The van der Waals surface area contributed by atoms with Gasteiger partial charge in [-0.1, -0.05) is 13.8 Å². The van der Waals surface area contributed by atoms with E-state index in [2.05, 4.69) is 26.1 Å². The average Bonchev–Trinajstić information content (AvgIpc) is 2.75. The number of hydrogen-bond acceptors (Lipinski definition) is 3. The van der Waals surface area contributed by atoms with Crippen LogP contribution in [0, 0.1) is 5.41 Å². The molecule has 0 aromatic heterocycles. The highest BCUT2D eigenvalue weighted by Gasteiger charge is 2.49. The third-order valence-corrected chi connectivity index (χ3v) is 4.70. The number of hydrogen-bond donors (Lipinski definition) is 1. The van der Waals surface area contributed by atoms with Gasteiger partial charge in [0, 0.05) is 31.2 Å². The summed E-state index contributed by atoms with van der Waals surface area (Å²) in [5, 5.41) is 3.80. The molecule has 0 amide bonds. The molecular formula is C14H27NO2. The topological polar surface area (TPSA) is 30.5 Å². The summed E-state index contributed by atoms with van der Waals surface area (Å²) in [5.74, 6) is 0. The van der Waals surface area contributed by atoms with E-state index in [4.69, 9.17) is 9.47 Å². The molecule has 0 radical (unpaired) electrons. The maximum atomic E-state index is 5.77. The quantitative estimate of drug-likeness (QED) is 0.801. The first-order valence-corrected chi connectivity index (χ1v) is 6.98. The Hall–Kier alpha value is -0.120. The zero-order chi connectivity index (χ0) is 12.5. The molecule has 0 spiro atoms. The molecule has 2 fully saturated rings. The zero-order valence-corrected chi connectivity index (χ0v) is 11.7. The number of methoxy groups -OCH3 is 1. The van der Waals surface area contributed by atoms with Crippen LogP contribution in [0.5, 0.6) is 0 Å². The molecule has 0 heterocycles. The Bertz CT molecular complexity index is 255.